The molecular formula is C21H30N2O3. The number of hydrogen-bond acceptors (Lipinski definition) is 3. The van der Waals surface area contributed by atoms with Gasteiger partial charge in [-0.25, -0.2) is 0 Å². The summed E-state index contributed by atoms with van der Waals surface area (Å²) in [6.07, 6.45) is 4.52. The minimum atomic E-state index is 0.149. The molecule has 3 rings (SSSR count). The van der Waals surface area contributed by atoms with Crippen molar-refractivity contribution in [2.75, 3.05) is 33.3 Å². The third kappa shape index (κ3) is 4.02. The molecule has 142 valence electrons. The highest BCUT2D eigenvalue weighted by molar-refractivity contribution is 5.81. The molecule has 2 aliphatic rings. The van der Waals surface area contributed by atoms with E-state index in [1.54, 1.807) is 7.11 Å². The molecule has 1 saturated heterocycles. The number of carbonyl (C=O) groups is 2. The van der Waals surface area contributed by atoms with Crippen LogP contribution < -0.4 is 4.74 Å². The average molecular weight is 358 g/mol. The minimum absolute atomic E-state index is 0.149. The van der Waals surface area contributed by atoms with Crippen LogP contribution in [0.4, 0.5) is 0 Å². The van der Waals surface area contributed by atoms with E-state index < -0.39 is 0 Å². The highest BCUT2D eigenvalue weighted by Crippen LogP contribution is 2.28. The van der Waals surface area contributed by atoms with E-state index in [1.165, 1.54) is 6.42 Å². The van der Waals surface area contributed by atoms with Crippen LogP contribution in [0.2, 0.25) is 0 Å². The Kier molecular flexibility index (Phi) is 5.84. The predicted octanol–water partition coefficient (Wildman–Crippen LogP) is 2.72. The maximum Gasteiger partial charge on any atom is 0.227 e. The van der Waals surface area contributed by atoms with Gasteiger partial charge in [0.25, 0.3) is 0 Å². The second-order valence-electron chi connectivity index (χ2n) is 7.61. The number of carbonyl (C=O) groups excluding carboxylic acids is 2. The zero-order valence-electron chi connectivity index (χ0n) is 16.2. The van der Waals surface area contributed by atoms with Gasteiger partial charge in [-0.1, -0.05) is 12.5 Å². The van der Waals surface area contributed by atoms with Crippen LogP contribution in [-0.2, 0) is 16.0 Å². The van der Waals surface area contributed by atoms with E-state index in [1.807, 2.05) is 29.7 Å². The van der Waals surface area contributed by atoms with E-state index in [4.69, 9.17) is 4.74 Å². The molecule has 1 aromatic carbocycles. The smallest absolute Gasteiger partial charge is 0.227 e. The standard InChI is InChI=1S/C21H30N2O3/c1-15-13-19(26-3)16(2)12-18(15)14-20(24)22-8-5-9-23(11-10-22)21(25)17-6-4-7-17/h12-13,17H,4-11,14H2,1-3H3. The van der Waals surface area contributed by atoms with Crippen LogP contribution in [0.15, 0.2) is 12.1 Å². The second-order valence-corrected chi connectivity index (χ2v) is 7.61. The summed E-state index contributed by atoms with van der Waals surface area (Å²) in [5.41, 5.74) is 3.19. The lowest BCUT2D eigenvalue weighted by Crippen LogP contribution is -2.41. The summed E-state index contributed by atoms with van der Waals surface area (Å²) < 4.78 is 5.35. The van der Waals surface area contributed by atoms with Crippen molar-refractivity contribution in [1.82, 2.24) is 9.80 Å². The fourth-order valence-electron chi connectivity index (χ4n) is 3.84. The molecule has 1 heterocycles. The normalized spacial score (nSPS) is 18.3. The third-order valence-electron chi connectivity index (χ3n) is 5.81. The van der Waals surface area contributed by atoms with E-state index in [-0.39, 0.29) is 11.8 Å². The Morgan fingerprint density at radius 1 is 1.00 bits per heavy atom. The van der Waals surface area contributed by atoms with Gasteiger partial charge in [0.2, 0.25) is 11.8 Å². The second kappa shape index (κ2) is 8.11. The van der Waals surface area contributed by atoms with Gasteiger partial charge in [0.1, 0.15) is 5.75 Å². The predicted molar refractivity (Wildman–Crippen MR) is 101 cm³/mol. The van der Waals surface area contributed by atoms with Crippen molar-refractivity contribution in [3.05, 3.63) is 28.8 Å². The molecule has 0 spiro atoms. The van der Waals surface area contributed by atoms with Crippen LogP contribution in [0.25, 0.3) is 0 Å². The number of benzene rings is 1. The molecule has 2 fully saturated rings. The van der Waals surface area contributed by atoms with Gasteiger partial charge in [-0.3, -0.25) is 9.59 Å². The van der Waals surface area contributed by atoms with E-state index in [9.17, 15) is 9.59 Å². The molecule has 5 nitrogen and oxygen atoms in total. The number of amides is 2. The topological polar surface area (TPSA) is 49.9 Å². The molecule has 26 heavy (non-hydrogen) atoms. The average Bonchev–Trinajstić information content (AvgIpc) is 2.82. The first-order valence-electron chi connectivity index (χ1n) is 9.70. The molecular weight excluding hydrogens is 328 g/mol. The molecule has 0 bridgehead atoms. The molecule has 1 aliphatic carbocycles. The molecule has 0 radical (unpaired) electrons. The van der Waals surface area contributed by atoms with E-state index in [0.717, 1.165) is 54.8 Å². The zero-order valence-corrected chi connectivity index (χ0v) is 16.2. The summed E-state index contributed by atoms with van der Waals surface area (Å²) in [6.45, 7) is 6.85. The molecule has 0 atom stereocenters. The van der Waals surface area contributed by atoms with Gasteiger partial charge < -0.3 is 14.5 Å². The van der Waals surface area contributed by atoms with Crippen LogP contribution in [-0.4, -0.2) is 54.9 Å². The Morgan fingerprint density at radius 3 is 2.35 bits per heavy atom. The highest BCUT2D eigenvalue weighted by Gasteiger charge is 2.30. The lowest BCUT2D eigenvalue weighted by atomic mass is 9.84. The van der Waals surface area contributed by atoms with E-state index in [0.29, 0.717) is 25.4 Å². The fraction of sp³-hybridized carbons (Fsp3) is 0.619. The minimum Gasteiger partial charge on any atom is -0.496 e. The van der Waals surface area contributed by atoms with E-state index >= 15 is 0 Å². The van der Waals surface area contributed by atoms with Gasteiger partial charge in [0.05, 0.1) is 13.5 Å². The van der Waals surface area contributed by atoms with Crippen molar-refractivity contribution in [3.63, 3.8) is 0 Å². The summed E-state index contributed by atoms with van der Waals surface area (Å²) in [7, 11) is 1.67. The zero-order chi connectivity index (χ0) is 18.7. The number of methoxy groups -OCH3 is 1. The van der Waals surface area contributed by atoms with Gasteiger partial charge in [-0.15, -0.1) is 0 Å². The number of rotatable bonds is 4. The largest absolute Gasteiger partial charge is 0.496 e. The maximum atomic E-state index is 12.8. The SMILES string of the molecule is COc1cc(C)c(CC(=O)N2CCCN(C(=O)C3CCC3)CC2)cc1C. The Morgan fingerprint density at radius 2 is 1.69 bits per heavy atom. The van der Waals surface area contributed by atoms with Gasteiger partial charge in [0, 0.05) is 32.1 Å². The first-order chi connectivity index (χ1) is 12.5. The molecule has 0 aromatic heterocycles. The van der Waals surface area contributed by atoms with Crippen molar-refractivity contribution in [2.45, 2.75) is 46.0 Å². The molecule has 0 unspecified atom stereocenters. The maximum absolute atomic E-state index is 12.8. The van der Waals surface area contributed by atoms with Crippen molar-refractivity contribution in [1.29, 1.82) is 0 Å². The molecule has 1 aromatic rings. The van der Waals surface area contributed by atoms with Crippen molar-refractivity contribution in [2.24, 2.45) is 5.92 Å². The van der Waals surface area contributed by atoms with Crippen LogP contribution >= 0.6 is 0 Å². The van der Waals surface area contributed by atoms with Gasteiger partial charge >= 0.3 is 0 Å². The highest BCUT2D eigenvalue weighted by atomic mass is 16.5. The summed E-state index contributed by atoms with van der Waals surface area (Å²) in [6, 6.07) is 4.05. The first kappa shape index (κ1) is 18.7. The molecule has 0 N–H and O–H groups in total. The van der Waals surface area contributed by atoms with E-state index in [2.05, 4.69) is 6.07 Å². The molecule has 2 amide bonds. The fourth-order valence-corrected chi connectivity index (χ4v) is 3.84. The quantitative estimate of drug-likeness (QED) is 0.831. The van der Waals surface area contributed by atoms with Crippen LogP contribution in [0.5, 0.6) is 5.75 Å². The van der Waals surface area contributed by atoms with Crippen molar-refractivity contribution < 1.29 is 14.3 Å². The van der Waals surface area contributed by atoms with Gasteiger partial charge in [-0.05, 0) is 55.9 Å². The number of ether oxygens (including phenoxy) is 1. The molecule has 5 heteroatoms. The lowest BCUT2D eigenvalue weighted by Gasteiger charge is -2.31. The lowest BCUT2D eigenvalue weighted by molar-refractivity contribution is -0.138. The van der Waals surface area contributed by atoms with Crippen LogP contribution in [0.1, 0.15) is 42.4 Å². The Labute approximate surface area is 156 Å². The summed E-state index contributed by atoms with van der Waals surface area (Å²) in [4.78, 5) is 29.2. The van der Waals surface area contributed by atoms with Gasteiger partial charge in [-0.2, -0.15) is 0 Å². The number of nitrogens with zero attached hydrogens (tertiary/aromatic N) is 2. The van der Waals surface area contributed by atoms with Crippen molar-refractivity contribution in [3.8, 4) is 5.75 Å². The summed E-state index contributed by atoms with van der Waals surface area (Å²) in [5.74, 6) is 1.54. The first-order valence-corrected chi connectivity index (χ1v) is 9.70. The molecule has 1 saturated carbocycles. The summed E-state index contributed by atoms with van der Waals surface area (Å²) in [5, 5.41) is 0. The van der Waals surface area contributed by atoms with Gasteiger partial charge in [0.15, 0.2) is 0 Å². The molecule has 1 aliphatic heterocycles. The number of aryl methyl sites for hydroxylation is 2. The van der Waals surface area contributed by atoms with Crippen LogP contribution in [0, 0.1) is 19.8 Å². The third-order valence-corrected chi connectivity index (χ3v) is 5.81. The van der Waals surface area contributed by atoms with Crippen molar-refractivity contribution >= 4 is 11.8 Å². The Hall–Kier alpha value is -2.04. The number of hydrogen-bond donors (Lipinski definition) is 0. The monoisotopic (exact) mass is 358 g/mol. The Balaban J connectivity index is 1.60. The Bertz CT molecular complexity index is 682. The summed E-state index contributed by atoms with van der Waals surface area (Å²) >= 11 is 0. The van der Waals surface area contributed by atoms with Crippen LogP contribution in [0.3, 0.4) is 0 Å².